The Balaban J connectivity index is 3.00. The molecule has 140 valence electrons. The third-order valence-corrected chi connectivity index (χ3v) is 5.46. The second-order valence-corrected chi connectivity index (χ2v) is 7.75. The first-order valence-corrected chi connectivity index (χ1v) is 9.86. The number of rotatable bonds is 9. The number of thiophene rings is 1. The standard InChI is InChI=1S/C20H31NO3S/c1-7-14(5)18(22)21-19-16(20(23)24-8-2)12-17(25-19)15(6)11-9-10-13(3)4/h10,12,14-15H,7-9,11H2,1-6H3,(H,21,22)/t14?,15-/m0/s1. The number of amides is 1. The van der Waals surface area contributed by atoms with Gasteiger partial charge in [-0.05, 0) is 52.0 Å². The summed E-state index contributed by atoms with van der Waals surface area (Å²) in [5, 5.41) is 3.52. The topological polar surface area (TPSA) is 55.4 Å². The number of anilines is 1. The van der Waals surface area contributed by atoms with Crippen LogP contribution in [-0.2, 0) is 9.53 Å². The van der Waals surface area contributed by atoms with E-state index < -0.39 is 0 Å². The van der Waals surface area contributed by atoms with E-state index in [1.165, 1.54) is 16.9 Å². The number of allylic oxidation sites excluding steroid dienone is 2. The highest BCUT2D eigenvalue weighted by molar-refractivity contribution is 7.16. The van der Waals surface area contributed by atoms with Gasteiger partial charge in [0, 0.05) is 10.8 Å². The molecule has 1 aromatic heterocycles. The first kappa shape index (κ1) is 21.4. The average molecular weight is 366 g/mol. The monoisotopic (exact) mass is 365 g/mol. The molecule has 25 heavy (non-hydrogen) atoms. The highest BCUT2D eigenvalue weighted by Gasteiger charge is 2.22. The van der Waals surface area contributed by atoms with Crippen LogP contribution in [0.15, 0.2) is 17.7 Å². The zero-order valence-corrected chi connectivity index (χ0v) is 17.1. The Hall–Kier alpha value is -1.62. The molecule has 0 aliphatic heterocycles. The van der Waals surface area contributed by atoms with Gasteiger partial charge in [0.15, 0.2) is 0 Å². The van der Waals surface area contributed by atoms with Gasteiger partial charge in [0.05, 0.1) is 12.2 Å². The maximum absolute atomic E-state index is 12.2. The lowest BCUT2D eigenvalue weighted by atomic mass is 10.0. The van der Waals surface area contributed by atoms with Crippen LogP contribution in [0.4, 0.5) is 5.00 Å². The Morgan fingerprint density at radius 2 is 1.96 bits per heavy atom. The predicted octanol–water partition coefficient (Wildman–Crippen LogP) is 5.76. The maximum atomic E-state index is 12.2. The van der Waals surface area contributed by atoms with Gasteiger partial charge in [-0.2, -0.15) is 0 Å². The lowest BCUT2D eigenvalue weighted by Crippen LogP contribution is -2.20. The van der Waals surface area contributed by atoms with Gasteiger partial charge in [0.1, 0.15) is 5.00 Å². The molecule has 1 aromatic rings. The summed E-state index contributed by atoms with van der Waals surface area (Å²) in [7, 11) is 0. The van der Waals surface area contributed by atoms with Crippen LogP contribution in [-0.4, -0.2) is 18.5 Å². The average Bonchev–Trinajstić information content (AvgIpc) is 2.97. The summed E-state index contributed by atoms with van der Waals surface area (Å²) < 4.78 is 5.15. The molecule has 1 unspecified atom stereocenters. The third-order valence-electron chi connectivity index (χ3n) is 4.18. The van der Waals surface area contributed by atoms with Crippen molar-refractivity contribution in [2.24, 2.45) is 5.92 Å². The molecule has 5 heteroatoms. The Kier molecular flexibility index (Phi) is 8.90. The van der Waals surface area contributed by atoms with Crippen LogP contribution < -0.4 is 5.32 Å². The van der Waals surface area contributed by atoms with Crippen LogP contribution in [0.1, 0.15) is 82.0 Å². The highest BCUT2D eigenvalue weighted by atomic mass is 32.1. The SMILES string of the molecule is CCOC(=O)c1cc([C@@H](C)CCC=C(C)C)sc1NC(=O)C(C)CC. The molecule has 0 radical (unpaired) electrons. The molecule has 1 amide bonds. The van der Waals surface area contributed by atoms with Crippen LogP contribution in [0.2, 0.25) is 0 Å². The molecule has 4 nitrogen and oxygen atoms in total. The van der Waals surface area contributed by atoms with Gasteiger partial charge >= 0.3 is 5.97 Å². The number of carbonyl (C=O) groups excluding carboxylic acids is 2. The van der Waals surface area contributed by atoms with E-state index in [0.717, 1.165) is 24.1 Å². The molecule has 0 bridgehead atoms. The number of hydrogen-bond donors (Lipinski definition) is 1. The second-order valence-electron chi connectivity index (χ2n) is 6.67. The highest BCUT2D eigenvalue weighted by Crippen LogP contribution is 2.35. The van der Waals surface area contributed by atoms with Gasteiger partial charge in [-0.3, -0.25) is 4.79 Å². The molecular weight excluding hydrogens is 334 g/mol. The molecule has 0 aliphatic carbocycles. The normalized spacial score (nSPS) is 13.0. The van der Waals surface area contributed by atoms with Crippen molar-refractivity contribution >= 4 is 28.2 Å². The maximum Gasteiger partial charge on any atom is 0.341 e. The van der Waals surface area contributed by atoms with E-state index in [0.29, 0.717) is 23.1 Å². The minimum Gasteiger partial charge on any atom is -0.462 e. The van der Waals surface area contributed by atoms with Crippen LogP contribution in [0, 0.1) is 5.92 Å². The van der Waals surface area contributed by atoms with Gasteiger partial charge in [-0.25, -0.2) is 4.79 Å². The van der Waals surface area contributed by atoms with E-state index in [2.05, 4.69) is 32.2 Å². The fraction of sp³-hybridized carbons (Fsp3) is 0.600. The predicted molar refractivity (Wildman–Crippen MR) is 105 cm³/mol. The van der Waals surface area contributed by atoms with Gasteiger partial charge < -0.3 is 10.1 Å². The zero-order chi connectivity index (χ0) is 19.0. The molecular formula is C20H31NO3S. The van der Waals surface area contributed by atoms with Crippen molar-refractivity contribution in [3.05, 3.63) is 28.2 Å². The Bertz CT molecular complexity index is 614. The molecule has 0 spiro atoms. The molecule has 0 fully saturated rings. The summed E-state index contributed by atoms with van der Waals surface area (Å²) in [5.41, 5.74) is 1.78. The van der Waals surface area contributed by atoms with Crippen molar-refractivity contribution in [3.8, 4) is 0 Å². The van der Waals surface area contributed by atoms with Gasteiger partial charge in [0.2, 0.25) is 5.91 Å². The van der Waals surface area contributed by atoms with Gasteiger partial charge in [0.25, 0.3) is 0 Å². The van der Waals surface area contributed by atoms with Crippen LogP contribution in [0.25, 0.3) is 0 Å². The molecule has 1 N–H and O–H groups in total. The van der Waals surface area contributed by atoms with E-state index >= 15 is 0 Å². The van der Waals surface area contributed by atoms with Crippen molar-refractivity contribution in [2.45, 2.75) is 66.7 Å². The Labute approximate surface area is 155 Å². The second kappa shape index (κ2) is 10.4. The van der Waals surface area contributed by atoms with Crippen molar-refractivity contribution in [3.63, 3.8) is 0 Å². The minimum absolute atomic E-state index is 0.0568. The van der Waals surface area contributed by atoms with Crippen molar-refractivity contribution in [1.82, 2.24) is 0 Å². The van der Waals surface area contributed by atoms with Gasteiger partial charge in [-0.15, -0.1) is 11.3 Å². The summed E-state index contributed by atoms with van der Waals surface area (Å²) in [6, 6.07) is 1.88. The van der Waals surface area contributed by atoms with Crippen molar-refractivity contribution in [1.29, 1.82) is 0 Å². The van der Waals surface area contributed by atoms with Crippen LogP contribution in [0.3, 0.4) is 0 Å². The van der Waals surface area contributed by atoms with E-state index in [1.54, 1.807) is 6.92 Å². The molecule has 0 saturated carbocycles. The third kappa shape index (κ3) is 6.65. The fourth-order valence-electron chi connectivity index (χ4n) is 2.29. The summed E-state index contributed by atoms with van der Waals surface area (Å²) in [4.78, 5) is 25.6. The summed E-state index contributed by atoms with van der Waals surface area (Å²) >= 11 is 1.48. The number of carbonyl (C=O) groups is 2. The van der Waals surface area contributed by atoms with Crippen molar-refractivity contribution < 1.29 is 14.3 Å². The van der Waals surface area contributed by atoms with E-state index in [1.807, 2.05) is 19.9 Å². The fourth-order valence-corrected chi connectivity index (χ4v) is 3.43. The summed E-state index contributed by atoms with van der Waals surface area (Å²) in [6.07, 6.45) is 5.00. The number of hydrogen-bond acceptors (Lipinski definition) is 4. The number of nitrogens with one attached hydrogen (secondary N) is 1. The molecule has 1 rings (SSSR count). The minimum atomic E-state index is -0.374. The number of ether oxygens (including phenoxy) is 1. The quantitative estimate of drug-likeness (QED) is 0.447. The van der Waals surface area contributed by atoms with E-state index in [-0.39, 0.29) is 17.8 Å². The first-order valence-electron chi connectivity index (χ1n) is 9.05. The lowest BCUT2D eigenvalue weighted by molar-refractivity contribution is -0.119. The van der Waals surface area contributed by atoms with Crippen LogP contribution in [0.5, 0.6) is 0 Å². The van der Waals surface area contributed by atoms with Gasteiger partial charge in [-0.1, -0.05) is 32.4 Å². The Morgan fingerprint density at radius 1 is 1.28 bits per heavy atom. The summed E-state index contributed by atoms with van der Waals surface area (Å²) in [6.45, 7) is 12.3. The van der Waals surface area contributed by atoms with E-state index in [4.69, 9.17) is 4.74 Å². The molecule has 1 heterocycles. The number of esters is 1. The summed E-state index contributed by atoms with van der Waals surface area (Å²) in [5.74, 6) is -0.196. The van der Waals surface area contributed by atoms with Crippen LogP contribution >= 0.6 is 11.3 Å². The lowest BCUT2D eigenvalue weighted by Gasteiger charge is -2.10. The van der Waals surface area contributed by atoms with E-state index in [9.17, 15) is 9.59 Å². The molecule has 0 aromatic carbocycles. The van der Waals surface area contributed by atoms with Crippen molar-refractivity contribution in [2.75, 3.05) is 11.9 Å². The molecule has 2 atom stereocenters. The molecule has 0 saturated heterocycles. The smallest absolute Gasteiger partial charge is 0.341 e. The first-order chi connectivity index (χ1) is 11.8. The zero-order valence-electron chi connectivity index (χ0n) is 16.3. The molecule has 0 aliphatic rings. The Morgan fingerprint density at radius 3 is 2.52 bits per heavy atom. The largest absolute Gasteiger partial charge is 0.462 e.